The molecule has 1 aliphatic heterocycles. The lowest BCUT2D eigenvalue weighted by molar-refractivity contribution is 0.100. The Morgan fingerprint density at radius 3 is 2.72 bits per heavy atom. The summed E-state index contributed by atoms with van der Waals surface area (Å²) in [5.41, 5.74) is 8.92. The summed E-state index contributed by atoms with van der Waals surface area (Å²) in [4.78, 5) is 14.0. The molecule has 1 aliphatic rings. The number of hydrogen-bond donors (Lipinski definition) is 1. The Balaban J connectivity index is 1.65. The number of nitrogens with zero attached hydrogens (tertiary/aromatic N) is 3. The summed E-state index contributed by atoms with van der Waals surface area (Å²) < 4.78 is 1.81. The minimum absolute atomic E-state index is 0.451. The molecule has 4 rings (SSSR count). The summed E-state index contributed by atoms with van der Waals surface area (Å²) in [6.45, 7) is 2.31. The molecular formula is C20H22N4O. The molecule has 0 bridgehead atoms. The zero-order valence-electron chi connectivity index (χ0n) is 14.4. The van der Waals surface area contributed by atoms with E-state index in [2.05, 4.69) is 41.3 Å². The molecule has 128 valence electrons. The molecule has 1 atom stereocenters. The highest BCUT2D eigenvalue weighted by molar-refractivity contribution is 6.04. The summed E-state index contributed by atoms with van der Waals surface area (Å²) >= 11 is 0. The van der Waals surface area contributed by atoms with Crippen molar-refractivity contribution in [3.8, 4) is 5.69 Å². The number of likely N-dealkylation sites (tertiary alicyclic amines) is 1. The smallest absolute Gasteiger partial charge is 0.250 e. The fraction of sp³-hybridized carbons (Fsp3) is 0.300. The monoisotopic (exact) mass is 334 g/mol. The van der Waals surface area contributed by atoms with E-state index in [0.717, 1.165) is 17.6 Å². The summed E-state index contributed by atoms with van der Waals surface area (Å²) in [7, 11) is 2.19. The van der Waals surface area contributed by atoms with Gasteiger partial charge in [0.1, 0.15) is 5.52 Å². The standard InChI is InChI=1S/C20H22N4O/c1-23-11-3-5-15(12-23)14-7-9-17(10-8-14)24-13-16-4-2-6-18(20(21)25)19(16)22-24/h2,4,6-10,13,15H,3,5,11-12H2,1H3,(H2,21,25). The van der Waals surface area contributed by atoms with Crippen LogP contribution < -0.4 is 5.73 Å². The van der Waals surface area contributed by atoms with Crippen LogP contribution in [0.5, 0.6) is 0 Å². The molecule has 1 saturated heterocycles. The molecular weight excluding hydrogens is 312 g/mol. The van der Waals surface area contributed by atoms with Crippen LogP contribution >= 0.6 is 0 Å². The largest absolute Gasteiger partial charge is 0.366 e. The van der Waals surface area contributed by atoms with Gasteiger partial charge in [-0.25, -0.2) is 4.68 Å². The van der Waals surface area contributed by atoms with Crippen molar-refractivity contribution in [3.63, 3.8) is 0 Å². The van der Waals surface area contributed by atoms with Gasteiger partial charge in [0.15, 0.2) is 0 Å². The average Bonchev–Trinajstić information content (AvgIpc) is 3.06. The number of aromatic nitrogens is 2. The number of hydrogen-bond acceptors (Lipinski definition) is 3. The molecule has 1 aromatic heterocycles. The van der Waals surface area contributed by atoms with Crippen molar-refractivity contribution in [1.82, 2.24) is 14.7 Å². The maximum atomic E-state index is 11.6. The van der Waals surface area contributed by atoms with E-state index in [0.29, 0.717) is 17.0 Å². The second-order valence-electron chi connectivity index (χ2n) is 6.87. The summed E-state index contributed by atoms with van der Waals surface area (Å²) in [6, 6.07) is 14.1. The van der Waals surface area contributed by atoms with E-state index >= 15 is 0 Å². The molecule has 0 spiro atoms. The van der Waals surface area contributed by atoms with E-state index < -0.39 is 5.91 Å². The van der Waals surface area contributed by atoms with Crippen molar-refractivity contribution >= 4 is 16.8 Å². The van der Waals surface area contributed by atoms with Gasteiger partial charge >= 0.3 is 0 Å². The molecule has 0 aliphatic carbocycles. The highest BCUT2D eigenvalue weighted by Crippen LogP contribution is 2.27. The number of rotatable bonds is 3. The van der Waals surface area contributed by atoms with E-state index in [1.807, 2.05) is 23.0 Å². The highest BCUT2D eigenvalue weighted by atomic mass is 16.1. The lowest BCUT2D eigenvalue weighted by atomic mass is 9.91. The lowest BCUT2D eigenvalue weighted by Gasteiger charge is -2.30. The van der Waals surface area contributed by atoms with Crippen molar-refractivity contribution in [1.29, 1.82) is 0 Å². The van der Waals surface area contributed by atoms with Gasteiger partial charge in [-0.3, -0.25) is 4.79 Å². The Morgan fingerprint density at radius 1 is 1.20 bits per heavy atom. The Kier molecular flexibility index (Phi) is 4.01. The van der Waals surface area contributed by atoms with Crippen LogP contribution in [0.25, 0.3) is 16.6 Å². The van der Waals surface area contributed by atoms with Crippen LogP contribution in [-0.4, -0.2) is 40.7 Å². The third-order valence-electron chi connectivity index (χ3n) is 5.06. The third-order valence-corrected chi connectivity index (χ3v) is 5.06. The van der Waals surface area contributed by atoms with Gasteiger partial charge in [0, 0.05) is 18.1 Å². The van der Waals surface area contributed by atoms with E-state index in [1.54, 1.807) is 6.07 Å². The molecule has 5 heteroatoms. The first-order chi connectivity index (χ1) is 12.1. The molecule has 3 aromatic rings. The van der Waals surface area contributed by atoms with Crippen molar-refractivity contribution in [2.75, 3.05) is 20.1 Å². The van der Waals surface area contributed by atoms with Gasteiger partial charge in [-0.2, -0.15) is 5.10 Å². The Bertz CT molecular complexity index is 913. The lowest BCUT2D eigenvalue weighted by Crippen LogP contribution is -2.30. The van der Waals surface area contributed by atoms with Crippen LogP contribution in [0.15, 0.2) is 48.7 Å². The number of fused-ring (bicyclic) bond motifs is 1. The van der Waals surface area contributed by atoms with E-state index in [4.69, 9.17) is 5.73 Å². The van der Waals surface area contributed by atoms with Crippen molar-refractivity contribution in [3.05, 3.63) is 59.8 Å². The first-order valence-corrected chi connectivity index (χ1v) is 8.69. The predicted molar refractivity (Wildman–Crippen MR) is 99.1 cm³/mol. The molecule has 0 saturated carbocycles. The minimum Gasteiger partial charge on any atom is -0.366 e. The molecule has 25 heavy (non-hydrogen) atoms. The molecule has 1 fully saturated rings. The van der Waals surface area contributed by atoms with Crippen LogP contribution in [-0.2, 0) is 0 Å². The first-order valence-electron chi connectivity index (χ1n) is 8.69. The molecule has 2 N–H and O–H groups in total. The molecule has 2 aromatic carbocycles. The normalized spacial score (nSPS) is 18.5. The number of piperidine rings is 1. The number of carbonyl (C=O) groups is 1. The molecule has 1 amide bonds. The molecule has 2 heterocycles. The second-order valence-corrected chi connectivity index (χ2v) is 6.87. The van der Waals surface area contributed by atoms with Crippen molar-refractivity contribution in [2.45, 2.75) is 18.8 Å². The van der Waals surface area contributed by atoms with Gasteiger partial charge in [-0.1, -0.05) is 24.3 Å². The number of likely N-dealkylation sites (N-methyl/N-ethyl adjacent to an activating group) is 1. The average molecular weight is 334 g/mol. The van der Waals surface area contributed by atoms with Gasteiger partial charge in [-0.05, 0) is 56.1 Å². The Hall–Kier alpha value is -2.66. The van der Waals surface area contributed by atoms with Crippen LogP contribution in [0.4, 0.5) is 0 Å². The first kappa shape index (κ1) is 15.8. The Labute approximate surface area is 147 Å². The van der Waals surface area contributed by atoms with Gasteiger partial charge in [-0.15, -0.1) is 0 Å². The number of amides is 1. The fourth-order valence-corrected chi connectivity index (χ4v) is 3.71. The zero-order chi connectivity index (χ0) is 17.4. The van der Waals surface area contributed by atoms with E-state index in [9.17, 15) is 4.79 Å². The maximum Gasteiger partial charge on any atom is 0.250 e. The number of carbonyl (C=O) groups excluding carboxylic acids is 1. The predicted octanol–water partition coefficient (Wildman–Crippen LogP) is 2.93. The SMILES string of the molecule is CN1CCCC(c2ccc(-n3cc4cccc(C(N)=O)c4n3)cc2)C1. The van der Waals surface area contributed by atoms with Gasteiger partial charge in [0.2, 0.25) is 0 Å². The molecule has 0 radical (unpaired) electrons. The zero-order valence-corrected chi connectivity index (χ0v) is 14.4. The van der Waals surface area contributed by atoms with E-state index in [1.165, 1.54) is 24.9 Å². The third kappa shape index (κ3) is 3.03. The van der Waals surface area contributed by atoms with Crippen LogP contribution in [0.1, 0.15) is 34.7 Å². The van der Waals surface area contributed by atoms with Crippen LogP contribution in [0, 0.1) is 0 Å². The number of nitrogens with two attached hydrogens (primary N) is 1. The highest BCUT2D eigenvalue weighted by Gasteiger charge is 2.19. The molecule has 5 nitrogen and oxygen atoms in total. The van der Waals surface area contributed by atoms with Crippen molar-refractivity contribution in [2.24, 2.45) is 5.73 Å². The Morgan fingerprint density at radius 2 is 2.00 bits per heavy atom. The van der Waals surface area contributed by atoms with Crippen LogP contribution in [0.3, 0.4) is 0 Å². The van der Waals surface area contributed by atoms with Crippen molar-refractivity contribution < 1.29 is 4.79 Å². The minimum atomic E-state index is -0.451. The van der Waals surface area contributed by atoms with Gasteiger partial charge in [0.05, 0.1) is 11.3 Å². The molecule has 1 unspecified atom stereocenters. The quantitative estimate of drug-likeness (QED) is 0.801. The maximum absolute atomic E-state index is 11.6. The summed E-state index contributed by atoms with van der Waals surface area (Å²) in [5.74, 6) is 0.151. The van der Waals surface area contributed by atoms with Gasteiger partial charge in [0.25, 0.3) is 5.91 Å². The second kappa shape index (κ2) is 6.33. The fourth-order valence-electron chi connectivity index (χ4n) is 3.71. The summed E-state index contributed by atoms with van der Waals surface area (Å²) in [6.07, 6.45) is 4.44. The summed E-state index contributed by atoms with van der Waals surface area (Å²) in [5, 5.41) is 5.48. The topological polar surface area (TPSA) is 64.2 Å². The number of primary amides is 1. The van der Waals surface area contributed by atoms with Gasteiger partial charge < -0.3 is 10.6 Å². The van der Waals surface area contributed by atoms with E-state index in [-0.39, 0.29) is 0 Å². The number of benzene rings is 2. The van der Waals surface area contributed by atoms with Crippen LogP contribution in [0.2, 0.25) is 0 Å².